The molecule has 5 nitrogen and oxygen atoms in total. The second-order valence-corrected chi connectivity index (χ2v) is 7.10. The first-order valence-corrected chi connectivity index (χ1v) is 8.45. The first-order chi connectivity index (χ1) is 8.96. The van der Waals surface area contributed by atoms with Gasteiger partial charge in [0.05, 0.1) is 39.9 Å². The summed E-state index contributed by atoms with van der Waals surface area (Å²) in [4.78, 5) is 4.15. The largest absolute Gasteiger partial charge is 0.378 e. The van der Waals surface area contributed by atoms with Gasteiger partial charge in [0.15, 0.2) is 0 Å². The lowest BCUT2D eigenvalue weighted by atomic mass is 10.3. The van der Waals surface area contributed by atoms with Gasteiger partial charge < -0.3 is 4.74 Å². The predicted octanol–water partition coefficient (Wildman–Crippen LogP) is 2.46. The summed E-state index contributed by atoms with van der Waals surface area (Å²) in [5, 5.41) is 0. The fourth-order valence-corrected chi connectivity index (χ4v) is 3.11. The molecule has 0 aliphatic rings. The van der Waals surface area contributed by atoms with E-state index < -0.39 is 10.0 Å². The number of sulfonamides is 1. The smallest absolute Gasteiger partial charge is 0.235 e. The van der Waals surface area contributed by atoms with E-state index in [2.05, 4.69) is 9.71 Å². The number of nitrogens with zero attached hydrogens (tertiary/aromatic N) is 1. The third-order valence-corrected chi connectivity index (χ3v) is 4.47. The number of fused-ring (bicyclic) bond motifs is 1. The molecule has 1 aromatic heterocycles. The molecule has 1 N–H and O–H groups in total. The summed E-state index contributed by atoms with van der Waals surface area (Å²) in [6.07, 6.45) is 0.0292. The van der Waals surface area contributed by atoms with Gasteiger partial charge in [-0.1, -0.05) is 0 Å². The van der Waals surface area contributed by atoms with Crippen LogP contribution in [0.4, 0.5) is 5.69 Å². The van der Waals surface area contributed by atoms with Crippen molar-refractivity contribution < 1.29 is 13.2 Å². The number of ether oxygens (including phenoxy) is 1. The summed E-state index contributed by atoms with van der Waals surface area (Å²) in [6.45, 7) is 3.93. The number of thiazole rings is 1. The molecule has 0 fully saturated rings. The number of nitrogens with one attached hydrogen (secondary N) is 1. The molecule has 0 spiro atoms. The third kappa shape index (κ3) is 4.15. The van der Waals surface area contributed by atoms with Crippen LogP contribution >= 0.6 is 11.3 Å². The van der Waals surface area contributed by atoms with Gasteiger partial charge in [-0.15, -0.1) is 11.3 Å². The lowest BCUT2D eigenvalue weighted by molar-refractivity contribution is 0.0913. The molecule has 0 saturated heterocycles. The van der Waals surface area contributed by atoms with Crippen LogP contribution in [0.1, 0.15) is 13.8 Å². The molecule has 0 radical (unpaired) electrons. The Morgan fingerprint density at radius 1 is 1.42 bits per heavy atom. The van der Waals surface area contributed by atoms with Crippen molar-refractivity contribution in [1.29, 1.82) is 0 Å². The van der Waals surface area contributed by atoms with Crippen molar-refractivity contribution in [2.24, 2.45) is 0 Å². The van der Waals surface area contributed by atoms with E-state index in [0.29, 0.717) is 5.69 Å². The Hall–Kier alpha value is -1.18. The summed E-state index contributed by atoms with van der Waals surface area (Å²) in [5.74, 6) is -0.0553. The molecule has 19 heavy (non-hydrogen) atoms. The number of hydrogen-bond donors (Lipinski definition) is 1. The zero-order chi connectivity index (χ0) is 13.9. The summed E-state index contributed by atoms with van der Waals surface area (Å²) in [6, 6.07) is 5.32. The number of rotatable bonds is 6. The molecular formula is C12H16N2O3S2. The molecule has 1 aromatic carbocycles. The molecule has 0 amide bonds. The number of hydrogen-bond acceptors (Lipinski definition) is 5. The van der Waals surface area contributed by atoms with Crippen molar-refractivity contribution in [3.63, 3.8) is 0 Å². The van der Waals surface area contributed by atoms with Gasteiger partial charge in [0, 0.05) is 0 Å². The van der Waals surface area contributed by atoms with Gasteiger partial charge in [0.25, 0.3) is 0 Å². The molecule has 0 aliphatic carbocycles. The van der Waals surface area contributed by atoms with Crippen LogP contribution in [0, 0.1) is 0 Å². The minimum atomic E-state index is -3.38. The van der Waals surface area contributed by atoms with Crippen LogP contribution in [0.3, 0.4) is 0 Å². The average molecular weight is 300 g/mol. The maximum absolute atomic E-state index is 11.8. The first kappa shape index (κ1) is 14.2. The Kier molecular flexibility index (Phi) is 4.38. The molecule has 0 aliphatic heterocycles. The maximum atomic E-state index is 11.8. The van der Waals surface area contributed by atoms with E-state index in [1.807, 2.05) is 19.9 Å². The first-order valence-electron chi connectivity index (χ1n) is 5.91. The summed E-state index contributed by atoms with van der Waals surface area (Å²) >= 11 is 1.52. The number of aromatic nitrogens is 1. The van der Waals surface area contributed by atoms with Crippen LogP contribution in [0.5, 0.6) is 0 Å². The molecule has 1 heterocycles. The normalized spacial score (nSPS) is 12.2. The standard InChI is InChI=1S/C12H16N2O3S2/c1-9(2)17-5-6-19(15,16)14-10-3-4-12-11(7-10)13-8-18-12/h3-4,7-9,14H,5-6H2,1-2H3. The molecule has 2 aromatic rings. The summed E-state index contributed by atoms with van der Waals surface area (Å²) < 4.78 is 32.5. The van der Waals surface area contributed by atoms with Gasteiger partial charge in [-0.3, -0.25) is 4.72 Å². The van der Waals surface area contributed by atoms with E-state index in [1.54, 1.807) is 17.6 Å². The van der Waals surface area contributed by atoms with Gasteiger partial charge in [0.2, 0.25) is 10.0 Å². The van der Waals surface area contributed by atoms with E-state index in [0.717, 1.165) is 10.2 Å². The SMILES string of the molecule is CC(C)OCCS(=O)(=O)Nc1ccc2scnc2c1. The molecule has 7 heteroatoms. The summed E-state index contributed by atoms with van der Waals surface area (Å²) in [7, 11) is -3.38. The zero-order valence-electron chi connectivity index (χ0n) is 10.8. The minimum absolute atomic E-state index is 0.0292. The Labute approximate surface area is 116 Å². The Morgan fingerprint density at radius 3 is 2.95 bits per heavy atom. The number of anilines is 1. The van der Waals surface area contributed by atoms with Crippen molar-refractivity contribution in [1.82, 2.24) is 4.98 Å². The Balaban J connectivity index is 2.02. The summed E-state index contributed by atoms with van der Waals surface area (Å²) in [5.41, 5.74) is 3.06. The van der Waals surface area contributed by atoms with Crippen molar-refractivity contribution in [2.45, 2.75) is 20.0 Å². The van der Waals surface area contributed by atoms with Crippen molar-refractivity contribution >= 4 is 37.3 Å². The zero-order valence-corrected chi connectivity index (χ0v) is 12.4. The second-order valence-electron chi connectivity index (χ2n) is 4.38. The van der Waals surface area contributed by atoms with E-state index in [1.165, 1.54) is 11.3 Å². The molecule has 0 bridgehead atoms. The quantitative estimate of drug-likeness (QED) is 0.890. The Morgan fingerprint density at radius 2 is 2.21 bits per heavy atom. The van der Waals surface area contributed by atoms with E-state index in [4.69, 9.17) is 4.74 Å². The minimum Gasteiger partial charge on any atom is -0.378 e. The van der Waals surface area contributed by atoms with Crippen molar-refractivity contribution in [3.8, 4) is 0 Å². The molecular weight excluding hydrogens is 284 g/mol. The van der Waals surface area contributed by atoms with Crippen LogP contribution in [-0.4, -0.2) is 31.9 Å². The highest BCUT2D eigenvalue weighted by atomic mass is 32.2. The van der Waals surface area contributed by atoms with Gasteiger partial charge in [-0.05, 0) is 32.0 Å². The van der Waals surface area contributed by atoms with Crippen LogP contribution in [0.2, 0.25) is 0 Å². The number of benzene rings is 1. The highest BCUT2D eigenvalue weighted by Gasteiger charge is 2.11. The second kappa shape index (κ2) is 5.85. The fourth-order valence-electron chi connectivity index (χ4n) is 1.55. The van der Waals surface area contributed by atoms with Crippen molar-refractivity contribution in [2.75, 3.05) is 17.1 Å². The van der Waals surface area contributed by atoms with Crippen LogP contribution < -0.4 is 4.72 Å². The van der Waals surface area contributed by atoms with E-state index in [9.17, 15) is 8.42 Å². The Bertz CT molecular complexity index is 650. The molecule has 2 rings (SSSR count). The molecule has 104 valence electrons. The molecule has 0 saturated carbocycles. The molecule has 0 atom stereocenters. The van der Waals surface area contributed by atoms with Crippen molar-refractivity contribution in [3.05, 3.63) is 23.7 Å². The highest BCUT2D eigenvalue weighted by molar-refractivity contribution is 7.92. The third-order valence-electron chi connectivity index (χ3n) is 2.41. The predicted molar refractivity (Wildman–Crippen MR) is 78.1 cm³/mol. The van der Waals surface area contributed by atoms with E-state index in [-0.39, 0.29) is 18.5 Å². The topological polar surface area (TPSA) is 68.3 Å². The average Bonchev–Trinajstić information content (AvgIpc) is 2.74. The molecule has 0 unspecified atom stereocenters. The lowest BCUT2D eigenvalue weighted by Crippen LogP contribution is -2.21. The van der Waals surface area contributed by atoms with Gasteiger partial charge in [-0.2, -0.15) is 0 Å². The monoisotopic (exact) mass is 300 g/mol. The fraction of sp³-hybridized carbons (Fsp3) is 0.417. The van der Waals surface area contributed by atoms with Crippen LogP contribution in [0.25, 0.3) is 10.2 Å². The lowest BCUT2D eigenvalue weighted by Gasteiger charge is -2.10. The van der Waals surface area contributed by atoms with Gasteiger partial charge in [0.1, 0.15) is 0 Å². The van der Waals surface area contributed by atoms with Gasteiger partial charge >= 0.3 is 0 Å². The van der Waals surface area contributed by atoms with Crippen LogP contribution in [0.15, 0.2) is 23.7 Å². The maximum Gasteiger partial charge on any atom is 0.235 e. The van der Waals surface area contributed by atoms with E-state index >= 15 is 0 Å². The van der Waals surface area contributed by atoms with Crippen LogP contribution in [-0.2, 0) is 14.8 Å². The highest BCUT2D eigenvalue weighted by Crippen LogP contribution is 2.22. The van der Waals surface area contributed by atoms with Gasteiger partial charge in [-0.25, -0.2) is 13.4 Å².